The molecule has 110 valence electrons. The van der Waals surface area contributed by atoms with Crippen molar-refractivity contribution in [2.45, 2.75) is 0 Å². The number of rotatable bonds is 3. The fraction of sp³-hybridized carbons (Fsp3) is 0.0556. The standard InChI is InChI=1S/C18H14ClNO2/c1-22-18-8-4-7-17(20-18)15-6-3-2-5-13(15)14-10-9-12(21)11-16(14)19/h2-11,21H,1H3. The third-order valence-electron chi connectivity index (χ3n) is 3.38. The van der Waals surface area contributed by atoms with Gasteiger partial charge in [-0.1, -0.05) is 41.9 Å². The van der Waals surface area contributed by atoms with E-state index < -0.39 is 0 Å². The Hall–Kier alpha value is -2.52. The van der Waals surface area contributed by atoms with E-state index in [1.165, 1.54) is 6.07 Å². The monoisotopic (exact) mass is 311 g/mol. The summed E-state index contributed by atoms with van der Waals surface area (Å²) in [6.07, 6.45) is 0. The van der Waals surface area contributed by atoms with E-state index in [-0.39, 0.29) is 5.75 Å². The Labute approximate surface area is 133 Å². The fourth-order valence-electron chi connectivity index (χ4n) is 2.34. The topological polar surface area (TPSA) is 42.4 Å². The van der Waals surface area contributed by atoms with Crippen molar-refractivity contribution in [2.75, 3.05) is 7.11 Å². The molecular formula is C18H14ClNO2. The predicted octanol–water partition coefficient (Wildman–Crippen LogP) is 4.78. The molecule has 3 aromatic rings. The first-order valence-electron chi connectivity index (χ1n) is 6.78. The smallest absolute Gasteiger partial charge is 0.213 e. The maximum Gasteiger partial charge on any atom is 0.213 e. The minimum absolute atomic E-state index is 0.144. The molecule has 0 unspecified atom stereocenters. The number of aromatic nitrogens is 1. The highest BCUT2D eigenvalue weighted by atomic mass is 35.5. The number of halogens is 1. The minimum atomic E-state index is 0.144. The molecule has 0 bridgehead atoms. The normalized spacial score (nSPS) is 10.5. The van der Waals surface area contributed by atoms with E-state index >= 15 is 0 Å². The lowest BCUT2D eigenvalue weighted by atomic mass is 9.97. The maximum atomic E-state index is 9.53. The van der Waals surface area contributed by atoms with Gasteiger partial charge in [-0.15, -0.1) is 0 Å². The van der Waals surface area contributed by atoms with Crippen molar-refractivity contribution in [1.29, 1.82) is 0 Å². The Bertz CT molecular complexity index is 818. The number of aromatic hydroxyl groups is 1. The molecule has 0 fully saturated rings. The number of hydrogen-bond acceptors (Lipinski definition) is 3. The Morgan fingerprint density at radius 3 is 2.41 bits per heavy atom. The van der Waals surface area contributed by atoms with Crippen LogP contribution in [-0.4, -0.2) is 17.2 Å². The average Bonchev–Trinajstić information content (AvgIpc) is 2.55. The molecule has 0 amide bonds. The highest BCUT2D eigenvalue weighted by Gasteiger charge is 2.12. The number of nitrogens with zero attached hydrogens (tertiary/aromatic N) is 1. The summed E-state index contributed by atoms with van der Waals surface area (Å²) in [5.41, 5.74) is 3.56. The summed E-state index contributed by atoms with van der Waals surface area (Å²) in [5.74, 6) is 0.704. The molecule has 3 rings (SSSR count). The summed E-state index contributed by atoms with van der Waals surface area (Å²) in [7, 11) is 1.59. The number of ether oxygens (including phenoxy) is 1. The van der Waals surface area contributed by atoms with Gasteiger partial charge in [-0.25, -0.2) is 4.98 Å². The largest absolute Gasteiger partial charge is 0.508 e. The third kappa shape index (κ3) is 2.76. The molecule has 4 heteroatoms. The molecule has 0 saturated heterocycles. The van der Waals surface area contributed by atoms with E-state index in [1.807, 2.05) is 36.4 Å². The van der Waals surface area contributed by atoms with Gasteiger partial charge in [0.05, 0.1) is 17.8 Å². The zero-order valence-corrected chi connectivity index (χ0v) is 12.7. The summed E-state index contributed by atoms with van der Waals surface area (Å²) in [5, 5.41) is 10.0. The van der Waals surface area contributed by atoms with Gasteiger partial charge in [0, 0.05) is 17.2 Å². The van der Waals surface area contributed by atoms with E-state index in [2.05, 4.69) is 4.98 Å². The lowest BCUT2D eigenvalue weighted by Gasteiger charge is -2.12. The van der Waals surface area contributed by atoms with Crippen molar-refractivity contribution in [2.24, 2.45) is 0 Å². The van der Waals surface area contributed by atoms with Crippen molar-refractivity contribution in [3.05, 3.63) is 65.7 Å². The van der Waals surface area contributed by atoms with E-state index in [0.29, 0.717) is 10.9 Å². The molecule has 0 spiro atoms. The highest BCUT2D eigenvalue weighted by Crippen LogP contribution is 2.36. The summed E-state index contributed by atoms with van der Waals surface area (Å²) in [6.45, 7) is 0. The number of phenols is 1. The molecule has 22 heavy (non-hydrogen) atoms. The molecule has 0 atom stereocenters. The molecular weight excluding hydrogens is 298 g/mol. The molecule has 3 nitrogen and oxygen atoms in total. The zero-order valence-electron chi connectivity index (χ0n) is 12.0. The Kier molecular flexibility index (Phi) is 3.98. The van der Waals surface area contributed by atoms with Gasteiger partial charge < -0.3 is 9.84 Å². The van der Waals surface area contributed by atoms with Crippen molar-refractivity contribution in [1.82, 2.24) is 4.98 Å². The molecule has 0 aliphatic carbocycles. The van der Waals surface area contributed by atoms with Gasteiger partial charge in [0.1, 0.15) is 5.75 Å². The number of benzene rings is 2. The lowest BCUT2D eigenvalue weighted by molar-refractivity contribution is 0.398. The molecule has 1 N–H and O–H groups in total. The quantitative estimate of drug-likeness (QED) is 0.756. The van der Waals surface area contributed by atoms with E-state index in [1.54, 1.807) is 25.3 Å². The SMILES string of the molecule is COc1cccc(-c2ccccc2-c2ccc(O)cc2Cl)n1. The Morgan fingerprint density at radius 2 is 1.68 bits per heavy atom. The number of hydrogen-bond donors (Lipinski definition) is 1. The van der Waals surface area contributed by atoms with Crippen molar-refractivity contribution < 1.29 is 9.84 Å². The van der Waals surface area contributed by atoms with Crippen LogP contribution in [0.1, 0.15) is 0 Å². The summed E-state index contributed by atoms with van der Waals surface area (Å²) in [4.78, 5) is 4.48. The van der Waals surface area contributed by atoms with Crippen molar-refractivity contribution in [3.8, 4) is 34.0 Å². The molecule has 0 aliphatic rings. The highest BCUT2D eigenvalue weighted by molar-refractivity contribution is 6.33. The van der Waals surface area contributed by atoms with E-state index in [4.69, 9.17) is 16.3 Å². The molecule has 0 radical (unpaired) electrons. The predicted molar refractivity (Wildman–Crippen MR) is 88.3 cm³/mol. The zero-order chi connectivity index (χ0) is 15.5. The van der Waals surface area contributed by atoms with Crippen molar-refractivity contribution >= 4 is 11.6 Å². The van der Waals surface area contributed by atoms with E-state index in [0.717, 1.165) is 22.4 Å². The lowest BCUT2D eigenvalue weighted by Crippen LogP contribution is -1.92. The van der Waals surface area contributed by atoms with Crippen LogP contribution in [0.5, 0.6) is 11.6 Å². The van der Waals surface area contributed by atoms with Gasteiger partial charge in [0.15, 0.2) is 0 Å². The second kappa shape index (κ2) is 6.08. The van der Waals surface area contributed by atoms with Crippen LogP contribution < -0.4 is 4.74 Å². The molecule has 1 heterocycles. The number of pyridine rings is 1. The van der Waals surface area contributed by atoms with Crippen LogP contribution in [0.4, 0.5) is 0 Å². The molecule has 1 aromatic heterocycles. The summed E-state index contributed by atoms with van der Waals surface area (Å²) in [6, 6.07) is 18.5. The van der Waals surface area contributed by atoms with Crippen LogP contribution in [0.15, 0.2) is 60.7 Å². The van der Waals surface area contributed by atoms with Gasteiger partial charge in [-0.3, -0.25) is 0 Å². The fourth-order valence-corrected chi connectivity index (χ4v) is 2.62. The minimum Gasteiger partial charge on any atom is -0.508 e. The Morgan fingerprint density at radius 1 is 0.909 bits per heavy atom. The van der Waals surface area contributed by atoms with Gasteiger partial charge in [0.2, 0.25) is 5.88 Å². The second-order valence-corrected chi connectivity index (χ2v) is 5.18. The van der Waals surface area contributed by atoms with Crippen LogP contribution in [0, 0.1) is 0 Å². The first kappa shape index (κ1) is 14.4. The van der Waals surface area contributed by atoms with Gasteiger partial charge >= 0.3 is 0 Å². The van der Waals surface area contributed by atoms with Crippen LogP contribution in [0.25, 0.3) is 22.4 Å². The first-order chi connectivity index (χ1) is 10.7. The molecule has 2 aromatic carbocycles. The summed E-state index contributed by atoms with van der Waals surface area (Å²) >= 11 is 6.28. The van der Waals surface area contributed by atoms with Crippen LogP contribution >= 0.6 is 11.6 Å². The summed E-state index contributed by atoms with van der Waals surface area (Å²) < 4.78 is 5.19. The van der Waals surface area contributed by atoms with Gasteiger partial charge in [-0.05, 0) is 29.8 Å². The molecule has 0 saturated carbocycles. The van der Waals surface area contributed by atoms with Crippen molar-refractivity contribution in [3.63, 3.8) is 0 Å². The number of phenolic OH excluding ortho intramolecular Hbond substituents is 1. The van der Waals surface area contributed by atoms with Crippen LogP contribution in [-0.2, 0) is 0 Å². The van der Waals surface area contributed by atoms with Crippen LogP contribution in [0.3, 0.4) is 0 Å². The number of methoxy groups -OCH3 is 1. The van der Waals surface area contributed by atoms with Gasteiger partial charge in [0.25, 0.3) is 0 Å². The van der Waals surface area contributed by atoms with Gasteiger partial charge in [-0.2, -0.15) is 0 Å². The maximum absolute atomic E-state index is 9.53. The van der Waals surface area contributed by atoms with Crippen LogP contribution in [0.2, 0.25) is 5.02 Å². The third-order valence-corrected chi connectivity index (χ3v) is 3.69. The van der Waals surface area contributed by atoms with E-state index in [9.17, 15) is 5.11 Å². The Balaban J connectivity index is 2.18. The first-order valence-corrected chi connectivity index (χ1v) is 7.16. The second-order valence-electron chi connectivity index (χ2n) is 4.77. The molecule has 0 aliphatic heterocycles. The average molecular weight is 312 g/mol.